The number of aliphatic hydroxyl groups is 1. The summed E-state index contributed by atoms with van der Waals surface area (Å²) in [4.78, 5) is 16.6. The minimum atomic E-state index is -1.09. The van der Waals surface area contributed by atoms with Crippen molar-refractivity contribution in [3.05, 3.63) is 35.9 Å². The number of unbranched alkanes of at least 4 members (excludes halogenated alkanes) is 1. The molecule has 0 aliphatic heterocycles. The van der Waals surface area contributed by atoms with Crippen LogP contribution in [0.1, 0.15) is 25.3 Å². The van der Waals surface area contributed by atoms with E-state index in [1.165, 1.54) is 5.06 Å². The molecule has 106 valence electrons. The van der Waals surface area contributed by atoms with Gasteiger partial charge in [-0.1, -0.05) is 43.7 Å². The molecule has 0 fully saturated rings. The molecule has 5 heteroatoms. The standard InChI is InChI=1S/C14H21NO4/c1-2-3-9-19-15(13(11-16)14(17)18)10-12-7-5-4-6-8-12/h4-8,13,16H,2-3,9-11H2,1H3,(H,17,18). The van der Waals surface area contributed by atoms with E-state index in [1.54, 1.807) is 0 Å². The molecule has 5 nitrogen and oxygen atoms in total. The van der Waals surface area contributed by atoms with Gasteiger partial charge >= 0.3 is 5.97 Å². The maximum absolute atomic E-state index is 11.1. The Morgan fingerprint density at radius 2 is 2.05 bits per heavy atom. The summed E-state index contributed by atoms with van der Waals surface area (Å²) in [6, 6.07) is 8.41. The van der Waals surface area contributed by atoms with Gasteiger partial charge in [-0.3, -0.25) is 9.63 Å². The third-order valence-electron chi connectivity index (χ3n) is 2.74. The molecule has 0 saturated carbocycles. The molecule has 19 heavy (non-hydrogen) atoms. The average Bonchev–Trinajstić information content (AvgIpc) is 2.40. The highest BCUT2D eigenvalue weighted by molar-refractivity contribution is 5.73. The van der Waals surface area contributed by atoms with Crippen LogP contribution in [0.2, 0.25) is 0 Å². The van der Waals surface area contributed by atoms with Crippen LogP contribution < -0.4 is 0 Å². The number of hydrogen-bond acceptors (Lipinski definition) is 4. The van der Waals surface area contributed by atoms with Crippen LogP contribution in [-0.4, -0.2) is 40.5 Å². The van der Waals surface area contributed by atoms with Crippen molar-refractivity contribution in [3.8, 4) is 0 Å². The van der Waals surface area contributed by atoms with Gasteiger partial charge in [0, 0.05) is 0 Å². The molecule has 0 heterocycles. The molecule has 1 aromatic carbocycles. The Hall–Kier alpha value is -1.43. The first-order chi connectivity index (χ1) is 9.19. The molecule has 0 saturated heterocycles. The lowest BCUT2D eigenvalue weighted by atomic mass is 10.2. The summed E-state index contributed by atoms with van der Waals surface area (Å²) in [5.74, 6) is -1.09. The van der Waals surface area contributed by atoms with Crippen molar-refractivity contribution in [1.82, 2.24) is 5.06 Å². The maximum atomic E-state index is 11.1. The van der Waals surface area contributed by atoms with E-state index < -0.39 is 18.6 Å². The van der Waals surface area contributed by atoms with E-state index in [-0.39, 0.29) is 0 Å². The first kappa shape index (κ1) is 15.6. The molecule has 1 rings (SSSR count). The Morgan fingerprint density at radius 3 is 2.58 bits per heavy atom. The zero-order valence-corrected chi connectivity index (χ0v) is 11.2. The van der Waals surface area contributed by atoms with Crippen LogP contribution in [0.25, 0.3) is 0 Å². The van der Waals surface area contributed by atoms with Crippen LogP contribution in [-0.2, 0) is 16.2 Å². The Morgan fingerprint density at radius 1 is 1.37 bits per heavy atom. The van der Waals surface area contributed by atoms with E-state index in [4.69, 9.17) is 9.94 Å². The van der Waals surface area contributed by atoms with Gasteiger partial charge in [0.05, 0.1) is 19.8 Å². The molecular formula is C14H21NO4. The molecule has 1 aromatic rings. The van der Waals surface area contributed by atoms with E-state index in [1.807, 2.05) is 37.3 Å². The number of carbonyl (C=O) groups is 1. The van der Waals surface area contributed by atoms with E-state index >= 15 is 0 Å². The minimum Gasteiger partial charge on any atom is -0.480 e. The van der Waals surface area contributed by atoms with Crippen LogP contribution in [0.4, 0.5) is 0 Å². The van der Waals surface area contributed by atoms with Crippen molar-refractivity contribution in [2.45, 2.75) is 32.4 Å². The number of hydroxylamine groups is 2. The van der Waals surface area contributed by atoms with Crippen molar-refractivity contribution in [2.75, 3.05) is 13.2 Å². The average molecular weight is 267 g/mol. The summed E-state index contributed by atoms with van der Waals surface area (Å²) < 4.78 is 0. The number of nitrogens with zero attached hydrogens (tertiary/aromatic N) is 1. The van der Waals surface area contributed by atoms with E-state index in [0.29, 0.717) is 13.2 Å². The lowest BCUT2D eigenvalue weighted by molar-refractivity contribution is -0.210. The summed E-state index contributed by atoms with van der Waals surface area (Å²) in [5, 5.41) is 19.6. The Kier molecular flexibility index (Phi) is 7.10. The molecule has 0 radical (unpaired) electrons. The molecule has 1 atom stereocenters. The second-order valence-corrected chi connectivity index (χ2v) is 4.28. The predicted molar refractivity (Wildman–Crippen MR) is 71.4 cm³/mol. The molecule has 0 amide bonds. The summed E-state index contributed by atoms with van der Waals surface area (Å²) in [7, 11) is 0. The Labute approximate surface area is 113 Å². The monoisotopic (exact) mass is 267 g/mol. The number of aliphatic hydroxyl groups excluding tert-OH is 1. The van der Waals surface area contributed by atoms with Gasteiger partial charge in [0.2, 0.25) is 0 Å². The SMILES string of the molecule is CCCCON(Cc1ccccc1)C(CO)C(=O)O. The molecule has 0 aliphatic carbocycles. The fourth-order valence-corrected chi connectivity index (χ4v) is 1.63. The molecule has 0 aromatic heterocycles. The van der Waals surface area contributed by atoms with Gasteiger partial charge < -0.3 is 10.2 Å². The maximum Gasteiger partial charge on any atom is 0.325 e. The van der Waals surface area contributed by atoms with Crippen LogP contribution >= 0.6 is 0 Å². The van der Waals surface area contributed by atoms with Crippen molar-refractivity contribution in [2.24, 2.45) is 0 Å². The third-order valence-corrected chi connectivity index (χ3v) is 2.74. The van der Waals surface area contributed by atoms with Crippen LogP contribution in [0.15, 0.2) is 30.3 Å². The van der Waals surface area contributed by atoms with Gasteiger partial charge in [-0.2, -0.15) is 5.06 Å². The Bertz CT molecular complexity index is 369. The smallest absolute Gasteiger partial charge is 0.325 e. The van der Waals surface area contributed by atoms with Gasteiger partial charge in [0.15, 0.2) is 6.04 Å². The third kappa shape index (κ3) is 5.38. The second kappa shape index (κ2) is 8.63. The molecule has 1 unspecified atom stereocenters. The first-order valence-electron chi connectivity index (χ1n) is 6.46. The van der Waals surface area contributed by atoms with Gasteiger partial charge in [0.25, 0.3) is 0 Å². The topological polar surface area (TPSA) is 70.0 Å². The van der Waals surface area contributed by atoms with Crippen molar-refractivity contribution in [1.29, 1.82) is 0 Å². The zero-order valence-electron chi connectivity index (χ0n) is 11.2. The first-order valence-corrected chi connectivity index (χ1v) is 6.46. The number of carboxylic acid groups (broad SMARTS) is 1. The number of benzene rings is 1. The fraction of sp³-hybridized carbons (Fsp3) is 0.500. The fourth-order valence-electron chi connectivity index (χ4n) is 1.63. The van der Waals surface area contributed by atoms with Crippen LogP contribution in [0.5, 0.6) is 0 Å². The highest BCUT2D eigenvalue weighted by Crippen LogP contribution is 2.10. The second-order valence-electron chi connectivity index (χ2n) is 4.28. The van der Waals surface area contributed by atoms with Crippen molar-refractivity contribution >= 4 is 5.97 Å². The molecular weight excluding hydrogens is 246 g/mol. The van der Waals surface area contributed by atoms with Gasteiger partial charge in [0.1, 0.15) is 0 Å². The van der Waals surface area contributed by atoms with Gasteiger partial charge in [-0.15, -0.1) is 0 Å². The molecule has 0 bridgehead atoms. The predicted octanol–water partition coefficient (Wildman–Crippen LogP) is 1.67. The highest BCUT2D eigenvalue weighted by atomic mass is 16.7. The van der Waals surface area contributed by atoms with Gasteiger partial charge in [-0.25, -0.2) is 0 Å². The van der Waals surface area contributed by atoms with Crippen LogP contribution in [0, 0.1) is 0 Å². The lowest BCUT2D eigenvalue weighted by Crippen LogP contribution is -2.43. The number of aliphatic carboxylic acids is 1. The number of carboxylic acids is 1. The largest absolute Gasteiger partial charge is 0.480 e. The van der Waals surface area contributed by atoms with E-state index in [9.17, 15) is 9.90 Å². The van der Waals surface area contributed by atoms with Gasteiger partial charge in [-0.05, 0) is 12.0 Å². The highest BCUT2D eigenvalue weighted by Gasteiger charge is 2.25. The number of hydrogen-bond donors (Lipinski definition) is 2. The quantitative estimate of drug-likeness (QED) is 0.526. The Balaban J connectivity index is 2.70. The minimum absolute atomic E-state index is 0.335. The molecule has 0 spiro atoms. The number of rotatable bonds is 9. The lowest BCUT2D eigenvalue weighted by Gasteiger charge is -2.26. The van der Waals surface area contributed by atoms with Crippen molar-refractivity contribution < 1.29 is 19.8 Å². The summed E-state index contributed by atoms with van der Waals surface area (Å²) in [6.07, 6.45) is 1.82. The normalized spacial score (nSPS) is 12.6. The summed E-state index contributed by atoms with van der Waals surface area (Å²) in [6.45, 7) is 2.34. The van der Waals surface area contributed by atoms with Crippen molar-refractivity contribution in [3.63, 3.8) is 0 Å². The molecule has 0 aliphatic rings. The zero-order chi connectivity index (χ0) is 14.1. The summed E-state index contributed by atoms with van der Waals surface area (Å²) in [5.41, 5.74) is 0.943. The van der Waals surface area contributed by atoms with Crippen LogP contribution in [0.3, 0.4) is 0 Å². The summed E-state index contributed by atoms with van der Waals surface area (Å²) >= 11 is 0. The molecule has 2 N–H and O–H groups in total. The van der Waals surface area contributed by atoms with E-state index in [2.05, 4.69) is 0 Å². The van der Waals surface area contributed by atoms with E-state index in [0.717, 1.165) is 18.4 Å².